The number of thiazole rings is 1. The van der Waals surface area contributed by atoms with Crippen LogP contribution < -0.4 is 4.80 Å². The van der Waals surface area contributed by atoms with E-state index in [0.29, 0.717) is 12.5 Å². The van der Waals surface area contributed by atoms with Crippen molar-refractivity contribution in [2.24, 2.45) is 16.0 Å². The Kier molecular flexibility index (Phi) is 5.66. The summed E-state index contributed by atoms with van der Waals surface area (Å²) in [4.78, 5) is 5.37. The molecule has 0 spiro atoms. The highest BCUT2D eigenvalue weighted by Gasteiger charge is 2.08. The summed E-state index contributed by atoms with van der Waals surface area (Å²) in [5, 5.41) is 6.75. The van der Waals surface area contributed by atoms with Crippen LogP contribution in [0.5, 0.6) is 0 Å². The number of aromatic nitrogens is 1. The molecule has 22 heavy (non-hydrogen) atoms. The molecule has 0 fully saturated rings. The van der Waals surface area contributed by atoms with Gasteiger partial charge in [-0.25, -0.2) is 9.07 Å². The van der Waals surface area contributed by atoms with Gasteiger partial charge in [0.25, 0.3) is 0 Å². The standard InChI is InChI=1S/C17H22FN3S/c1-5-19-17-21(20-13(4)10-12(2)3)16(11-22-17)14-6-8-15(18)9-7-14/h6-9,11-12H,5,10H2,1-4H3/b19-17?,20-13+. The van der Waals surface area contributed by atoms with Gasteiger partial charge in [-0.2, -0.15) is 5.10 Å². The lowest BCUT2D eigenvalue weighted by atomic mass is 10.1. The van der Waals surface area contributed by atoms with Gasteiger partial charge in [0.15, 0.2) is 0 Å². The number of rotatable bonds is 5. The van der Waals surface area contributed by atoms with Gasteiger partial charge >= 0.3 is 0 Å². The average Bonchev–Trinajstić information content (AvgIpc) is 2.82. The number of hydrogen-bond acceptors (Lipinski definition) is 3. The molecule has 3 nitrogen and oxygen atoms in total. The first-order valence-electron chi connectivity index (χ1n) is 7.52. The first-order valence-corrected chi connectivity index (χ1v) is 8.40. The zero-order valence-electron chi connectivity index (χ0n) is 13.5. The van der Waals surface area contributed by atoms with Crippen LogP contribution in [-0.4, -0.2) is 16.9 Å². The van der Waals surface area contributed by atoms with E-state index in [0.717, 1.165) is 28.2 Å². The molecule has 0 radical (unpaired) electrons. The zero-order valence-corrected chi connectivity index (χ0v) is 14.3. The molecule has 0 atom stereocenters. The van der Waals surface area contributed by atoms with Gasteiger partial charge in [-0.3, -0.25) is 4.99 Å². The maximum Gasteiger partial charge on any atom is 0.206 e. The third-order valence-electron chi connectivity index (χ3n) is 3.09. The van der Waals surface area contributed by atoms with Crippen molar-refractivity contribution in [1.29, 1.82) is 0 Å². The van der Waals surface area contributed by atoms with Gasteiger partial charge in [-0.15, -0.1) is 11.3 Å². The van der Waals surface area contributed by atoms with Crippen molar-refractivity contribution in [1.82, 2.24) is 4.68 Å². The van der Waals surface area contributed by atoms with Gasteiger partial charge in [-0.05, 0) is 50.5 Å². The largest absolute Gasteiger partial charge is 0.258 e. The summed E-state index contributed by atoms with van der Waals surface area (Å²) in [6.07, 6.45) is 0.942. The predicted molar refractivity (Wildman–Crippen MR) is 91.8 cm³/mol. The minimum absolute atomic E-state index is 0.233. The Hall–Kier alpha value is -1.75. The van der Waals surface area contributed by atoms with Gasteiger partial charge < -0.3 is 0 Å². The summed E-state index contributed by atoms with van der Waals surface area (Å²) in [5.41, 5.74) is 2.95. The van der Waals surface area contributed by atoms with Crippen LogP contribution in [0.15, 0.2) is 39.7 Å². The second-order valence-electron chi connectivity index (χ2n) is 5.63. The van der Waals surface area contributed by atoms with Crippen LogP contribution in [0.2, 0.25) is 0 Å². The lowest BCUT2D eigenvalue weighted by molar-refractivity contribution is 0.628. The van der Waals surface area contributed by atoms with E-state index >= 15 is 0 Å². The highest BCUT2D eigenvalue weighted by molar-refractivity contribution is 7.07. The number of hydrogen-bond donors (Lipinski definition) is 0. The Morgan fingerprint density at radius 2 is 1.95 bits per heavy atom. The molecule has 0 aliphatic carbocycles. The molecule has 0 unspecified atom stereocenters. The molecule has 1 aromatic heterocycles. The van der Waals surface area contributed by atoms with E-state index in [1.54, 1.807) is 23.5 Å². The minimum Gasteiger partial charge on any atom is -0.258 e. The topological polar surface area (TPSA) is 29.6 Å². The zero-order chi connectivity index (χ0) is 16.1. The molecule has 0 saturated carbocycles. The molecule has 2 rings (SSSR count). The van der Waals surface area contributed by atoms with E-state index in [2.05, 4.69) is 18.8 Å². The Morgan fingerprint density at radius 3 is 2.55 bits per heavy atom. The summed E-state index contributed by atoms with van der Waals surface area (Å²) in [6.45, 7) is 9.11. The van der Waals surface area contributed by atoms with E-state index in [1.807, 2.05) is 23.9 Å². The van der Waals surface area contributed by atoms with E-state index < -0.39 is 0 Å². The lowest BCUT2D eigenvalue weighted by Crippen LogP contribution is -2.14. The SMILES string of the molecule is CCN=c1scc(-c2ccc(F)cc2)n1/N=C(\C)CC(C)C. The molecule has 0 bridgehead atoms. The van der Waals surface area contributed by atoms with Crippen molar-refractivity contribution in [3.05, 3.63) is 40.3 Å². The van der Waals surface area contributed by atoms with Crippen molar-refractivity contribution in [3.63, 3.8) is 0 Å². The Balaban J connectivity index is 2.52. The van der Waals surface area contributed by atoms with Crippen molar-refractivity contribution in [2.45, 2.75) is 34.1 Å². The Labute approximate surface area is 134 Å². The average molecular weight is 319 g/mol. The molecule has 1 aromatic carbocycles. The second-order valence-corrected chi connectivity index (χ2v) is 6.47. The van der Waals surface area contributed by atoms with Gasteiger partial charge in [0.2, 0.25) is 4.80 Å². The predicted octanol–water partition coefficient (Wildman–Crippen LogP) is 4.55. The van der Waals surface area contributed by atoms with E-state index in [9.17, 15) is 4.39 Å². The first kappa shape index (κ1) is 16.6. The normalized spacial score (nSPS) is 13.2. The number of halogens is 1. The lowest BCUT2D eigenvalue weighted by Gasteiger charge is -2.07. The van der Waals surface area contributed by atoms with Crippen LogP contribution in [0.4, 0.5) is 4.39 Å². The van der Waals surface area contributed by atoms with Crippen LogP contribution >= 0.6 is 11.3 Å². The van der Waals surface area contributed by atoms with Crippen LogP contribution in [0.1, 0.15) is 34.1 Å². The maximum atomic E-state index is 13.1. The summed E-state index contributed by atoms with van der Waals surface area (Å²) in [6, 6.07) is 6.49. The molecular formula is C17H22FN3S. The summed E-state index contributed by atoms with van der Waals surface area (Å²) >= 11 is 1.56. The van der Waals surface area contributed by atoms with Crippen LogP contribution in [-0.2, 0) is 0 Å². The fourth-order valence-electron chi connectivity index (χ4n) is 2.26. The van der Waals surface area contributed by atoms with E-state index in [1.165, 1.54) is 12.1 Å². The molecule has 0 aliphatic rings. The van der Waals surface area contributed by atoms with Gasteiger partial charge in [0.1, 0.15) is 5.82 Å². The number of nitrogens with zero attached hydrogens (tertiary/aromatic N) is 3. The summed E-state index contributed by atoms with van der Waals surface area (Å²) in [5.74, 6) is 0.326. The van der Waals surface area contributed by atoms with E-state index in [-0.39, 0.29) is 5.82 Å². The third kappa shape index (κ3) is 4.13. The summed E-state index contributed by atoms with van der Waals surface area (Å²) in [7, 11) is 0. The Morgan fingerprint density at radius 1 is 1.27 bits per heavy atom. The first-order chi connectivity index (χ1) is 10.5. The highest BCUT2D eigenvalue weighted by atomic mass is 32.1. The third-order valence-corrected chi connectivity index (χ3v) is 3.95. The molecule has 5 heteroatoms. The van der Waals surface area contributed by atoms with Crippen LogP contribution in [0, 0.1) is 11.7 Å². The molecule has 0 aliphatic heterocycles. The molecule has 0 saturated heterocycles. The number of benzene rings is 1. The molecule has 0 N–H and O–H groups in total. The monoisotopic (exact) mass is 319 g/mol. The van der Waals surface area contributed by atoms with Gasteiger partial charge in [-0.1, -0.05) is 13.8 Å². The highest BCUT2D eigenvalue weighted by Crippen LogP contribution is 2.20. The van der Waals surface area contributed by atoms with Gasteiger partial charge in [0, 0.05) is 23.2 Å². The molecular weight excluding hydrogens is 297 g/mol. The van der Waals surface area contributed by atoms with Crippen molar-refractivity contribution in [2.75, 3.05) is 6.54 Å². The van der Waals surface area contributed by atoms with Crippen molar-refractivity contribution >= 4 is 17.0 Å². The maximum absolute atomic E-state index is 13.1. The minimum atomic E-state index is -0.233. The van der Waals surface area contributed by atoms with Crippen molar-refractivity contribution < 1.29 is 4.39 Å². The summed E-state index contributed by atoms with van der Waals surface area (Å²) < 4.78 is 15.0. The molecule has 118 valence electrons. The van der Waals surface area contributed by atoms with Gasteiger partial charge in [0.05, 0.1) is 5.69 Å². The second kappa shape index (κ2) is 7.49. The van der Waals surface area contributed by atoms with Crippen molar-refractivity contribution in [3.8, 4) is 11.3 Å². The Bertz CT molecular complexity index is 708. The fourth-order valence-corrected chi connectivity index (χ4v) is 3.16. The van der Waals surface area contributed by atoms with Crippen LogP contribution in [0.25, 0.3) is 11.3 Å². The molecule has 2 aromatic rings. The smallest absolute Gasteiger partial charge is 0.206 e. The quantitative estimate of drug-likeness (QED) is 0.724. The molecule has 1 heterocycles. The van der Waals surface area contributed by atoms with Crippen LogP contribution in [0.3, 0.4) is 0 Å². The van der Waals surface area contributed by atoms with E-state index in [4.69, 9.17) is 5.10 Å². The fraction of sp³-hybridized carbons (Fsp3) is 0.412. The molecule has 0 amide bonds.